The van der Waals surface area contributed by atoms with E-state index in [1.165, 1.54) is 13.0 Å². The molecule has 1 aliphatic carbocycles. The van der Waals surface area contributed by atoms with Gasteiger partial charge in [0.1, 0.15) is 0 Å². The summed E-state index contributed by atoms with van der Waals surface area (Å²) in [5, 5.41) is 3.18. The van der Waals surface area contributed by atoms with Gasteiger partial charge in [-0.15, -0.1) is 0 Å². The van der Waals surface area contributed by atoms with E-state index in [4.69, 9.17) is 0 Å². The van der Waals surface area contributed by atoms with Crippen LogP contribution in [0.5, 0.6) is 0 Å². The van der Waals surface area contributed by atoms with Crippen LogP contribution < -0.4 is 5.32 Å². The summed E-state index contributed by atoms with van der Waals surface area (Å²) in [5.74, 6) is -2.85. The van der Waals surface area contributed by atoms with Crippen LogP contribution in [0.2, 0.25) is 0 Å². The summed E-state index contributed by atoms with van der Waals surface area (Å²) in [5.41, 5.74) is 0.386. The molecule has 1 fully saturated rings. The number of hydrogen-bond donors (Lipinski definition) is 1. The smallest absolute Gasteiger partial charge is 0.269 e. The van der Waals surface area contributed by atoms with Crippen LogP contribution >= 0.6 is 0 Å². The van der Waals surface area contributed by atoms with Crippen molar-refractivity contribution in [3.05, 3.63) is 23.3 Å². The topological polar surface area (TPSA) is 32.3 Å². The molecule has 0 unspecified atom stereocenters. The van der Waals surface area contributed by atoms with Crippen LogP contribution in [0.4, 0.5) is 8.78 Å². The van der Waals surface area contributed by atoms with Crippen LogP contribution in [0.3, 0.4) is 0 Å². The van der Waals surface area contributed by atoms with Crippen molar-refractivity contribution >= 4 is 5.91 Å². The highest BCUT2D eigenvalue weighted by Gasteiger charge is 2.42. The predicted octanol–water partition coefficient (Wildman–Crippen LogP) is 2.75. The zero-order valence-electron chi connectivity index (χ0n) is 13.0. The van der Waals surface area contributed by atoms with E-state index < -0.39 is 5.92 Å². The van der Waals surface area contributed by atoms with Gasteiger partial charge in [0.25, 0.3) is 5.92 Å². The summed E-state index contributed by atoms with van der Waals surface area (Å²) in [7, 11) is 0. The molecule has 0 saturated carbocycles. The van der Waals surface area contributed by atoms with E-state index in [1.807, 2.05) is 13.8 Å². The SMILES string of the molecule is CC1=C(C=CC(=O)N2CCNCC2)C(C)(C)CCC1(F)F. The van der Waals surface area contributed by atoms with Crippen molar-refractivity contribution in [2.75, 3.05) is 26.2 Å². The summed E-state index contributed by atoms with van der Waals surface area (Å²) in [6, 6.07) is 0. The van der Waals surface area contributed by atoms with Crippen LogP contribution in [0, 0.1) is 5.41 Å². The van der Waals surface area contributed by atoms with Gasteiger partial charge in [0.15, 0.2) is 0 Å². The molecule has 118 valence electrons. The highest BCUT2D eigenvalue weighted by atomic mass is 19.3. The molecule has 2 aliphatic rings. The Morgan fingerprint density at radius 2 is 1.86 bits per heavy atom. The fourth-order valence-corrected chi connectivity index (χ4v) is 2.99. The predicted molar refractivity (Wildman–Crippen MR) is 79.3 cm³/mol. The van der Waals surface area contributed by atoms with Crippen molar-refractivity contribution in [2.45, 2.75) is 39.5 Å². The van der Waals surface area contributed by atoms with Crippen molar-refractivity contribution in [1.29, 1.82) is 0 Å². The molecular formula is C16H24F2N2O. The van der Waals surface area contributed by atoms with Crippen LogP contribution in [0.1, 0.15) is 33.6 Å². The van der Waals surface area contributed by atoms with Crippen LogP contribution in [-0.2, 0) is 4.79 Å². The van der Waals surface area contributed by atoms with Gasteiger partial charge in [0.2, 0.25) is 5.91 Å². The van der Waals surface area contributed by atoms with Gasteiger partial charge in [-0.1, -0.05) is 19.9 Å². The first-order valence-corrected chi connectivity index (χ1v) is 7.51. The first kappa shape index (κ1) is 16.1. The molecule has 1 aliphatic heterocycles. The van der Waals surface area contributed by atoms with Gasteiger partial charge in [0.05, 0.1) is 0 Å². The summed E-state index contributed by atoms with van der Waals surface area (Å²) in [6.45, 7) is 8.30. The zero-order valence-corrected chi connectivity index (χ0v) is 13.0. The number of hydrogen-bond acceptors (Lipinski definition) is 2. The first-order chi connectivity index (χ1) is 9.74. The largest absolute Gasteiger partial charge is 0.337 e. The van der Waals surface area contributed by atoms with Crippen LogP contribution in [0.15, 0.2) is 23.3 Å². The van der Waals surface area contributed by atoms with E-state index in [9.17, 15) is 13.6 Å². The Balaban J connectivity index is 2.18. The molecule has 0 atom stereocenters. The van der Waals surface area contributed by atoms with E-state index in [1.54, 1.807) is 11.0 Å². The molecule has 0 radical (unpaired) electrons. The standard InChI is InChI=1S/C16H24F2N2O/c1-12-13(15(2,3)6-7-16(12,17)18)4-5-14(21)20-10-8-19-9-11-20/h4-5,19H,6-11H2,1-3H3. The summed E-state index contributed by atoms with van der Waals surface area (Å²) >= 11 is 0. The molecule has 0 aromatic rings. The van der Waals surface area contributed by atoms with Crippen molar-refractivity contribution < 1.29 is 13.6 Å². The lowest BCUT2D eigenvalue weighted by atomic mass is 9.71. The number of alkyl halides is 2. The number of nitrogens with one attached hydrogen (secondary N) is 1. The Bertz CT molecular complexity index is 475. The normalized spacial score (nSPS) is 25.5. The lowest BCUT2D eigenvalue weighted by Gasteiger charge is -2.37. The van der Waals surface area contributed by atoms with E-state index in [0.717, 1.165) is 13.1 Å². The second kappa shape index (κ2) is 5.87. The maximum Gasteiger partial charge on any atom is 0.269 e. The highest BCUT2D eigenvalue weighted by Crippen LogP contribution is 2.47. The summed E-state index contributed by atoms with van der Waals surface area (Å²) in [6.07, 6.45) is 3.37. The van der Waals surface area contributed by atoms with Gasteiger partial charge in [-0.2, -0.15) is 0 Å². The number of carbonyl (C=O) groups excluding carboxylic acids is 1. The minimum Gasteiger partial charge on any atom is -0.337 e. The lowest BCUT2D eigenvalue weighted by molar-refractivity contribution is -0.126. The highest BCUT2D eigenvalue weighted by molar-refractivity contribution is 5.88. The third-order valence-corrected chi connectivity index (χ3v) is 4.57. The first-order valence-electron chi connectivity index (χ1n) is 7.51. The quantitative estimate of drug-likeness (QED) is 0.795. The van der Waals surface area contributed by atoms with Gasteiger partial charge < -0.3 is 10.2 Å². The Morgan fingerprint density at radius 3 is 2.48 bits per heavy atom. The second-order valence-corrected chi connectivity index (χ2v) is 6.54. The van der Waals surface area contributed by atoms with Crippen molar-refractivity contribution in [3.8, 4) is 0 Å². The minimum absolute atomic E-state index is 0.0958. The van der Waals surface area contributed by atoms with E-state index in [2.05, 4.69) is 5.32 Å². The van der Waals surface area contributed by atoms with Crippen molar-refractivity contribution in [1.82, 2.24) is 10.2 Å². The van der Waals surface area contributed by atoms with Gasteiger partial charge in [-0.05, 0) is 29.9 Å². The molecule has 1 heterocycles. The number of halogens is 2. The molecule has 2 rings (SSSR count). The Labute approximate surface area is 125 Å². The monoisotopic (exact) mass is 298 g/mol. The summed E-state index contributed by atoms with van der Waals surface area (Å²) < 4.78 is 27.8. The molecular weight excluding hydrogens is 274 g/mol. The molecule has 0 bridgehead atoms. The molecule has 1 saturated heterocycles. The molecule has 1 N–H and O–H groups in total. The van der Waals surface area contributed by atoms with E-state index >= 15 is 0 Å². The van der Waals surface area contributed by atoms with Gasteiger partial charge in [-0.25, -0.2) is 8.78 Å². The zero-order chi connectivity index (χ0) is 15.7. The van der Waals surface area contributed by atoms with E-state index in [0.29, 0.717) is 25.1 Å². The van der Waals surface area contributed by atoms with Crippen LogP contribution in [-0.4, -0.2) is 42.9 Å². The Kier molecular flexibility index (Phi) is 4.51. The van der Waals surface area contributed by atoms with Crippen LogP contribution in [0.25, 0.3) is 0 Å². The minimum atomic E-state index is -2.76. The van der Waals surface area contributed by atoms with Crippen molar-refractivity contribution in [2.24, 2.45) is 5.41 Å². The number of carbonyl (C=O) groups is 1. The summed E-state index contributed by atoms with van der Waals surface area (Å²) in [4.78, 5) is 13.9. The molecule has 1 amide bonds. The third-order valence-electron chi connectivity index (χ3n) is 4.57. The molecule has 3 nitrogen and oxygen atoms in total. The molecule has 0 aromatic heterocycles. The molecule has 0 aromatic carbocycles. The third kappa shape index (κ3) is 3.51. The number of allylic oxidation sites excluding steroid dienone is 3. The van der Waals surface area contributed by atoms with Gasteiger partial charge >= 0.3 is 0 Å². The Hall–Kier alpha value is -1.23. The maximum absolute atomic E-state index is 13.9. The van der Waals surface area contributed by atoms with Crippen molar-refractivity contribution in [3.63, 3.8) is 0 Å². The lowest BCUT2D eigenvalue weighted by Crippen LogP contribution is -2.45. The molecule has 0 spiro atoms. The van der Waals surface area contributed by atoms with Gasteiger partial charge in [0, 0.05) is 38.7 Å². The second-order valence-electron chi connectivity index (χ2n) is 6.54. The fraction of sp³-hybridized carbons (Fsp3) is 0.688. The van der Waals surface area contributed by atoms with E-state index in [-0.39, 0.29) is 23.3 Å². The fourth-order valence-electron chi connectivity index (χ4n) is 2.99. The number of amides is 1. The molecule has 5 heteroatoms. The Morgan fingerprint density at radius 1 is 1.24 bits per heavy atom. The van der Waals surface area contributed by atoms with Gasteiger partial charge in [-0.3, -0.25) is 4.79 Å². The number of rotatable bonds is 2. The average molecular weight is 298 g/mol. The maximum atomic E-state index is 13.9. The number of piperazine rings is 1. The molecule has 21 heavy (non-hydrogen) atoms. The number of nitrogens with zero attached hydrogens (tertiary/aromatic N) is 1. The average Bonchev–Trinajstić information content (AvgIpc) is 2.44.